The van der Waals surface area contributed by atoms with Crippen LogP contribution in [0.2, 0.25) is 0 Å². The highest BCUT2D eigenvalue weighted by Gasteiger charge is 2.25. The topological polar surface area (TPSA) is 125 Å². The molecule has 2 aliphatic rings. The van der Waals surface area contributed by atoms with Crippen LogP contribution in [0.5, 0.6) is 11.5 Å². The fourth-order valence-corrected chi connectivity index (χ4v) is 3.01. The number of anilines is 1. The maximum Gasteiger partial charge on any atom is 0.321 e. The molecule has 3 atom stereocenters. The van der Waals surface area contributed by atoms with E-state index in [9.17, 15) is 9.59 Å². The molecule has 0 aliphatic carbocycles. The quantitative estimate of drug-likeness (QED) is 0.380. The molecular formula is C17H26N6O4. The first-order valence-electron chi connectivity index (χ1n) is 8.96. The lowest BCUT2D eigenvalue weighted by Crippen LogP contribution is -2.68. The van der Waals surface area contributed by atoms with E-state index in [1.807, 2.05) is 6.92 Å². The van der Waals surface area contributed by atoms with Crippen molar-refractivity contribution in [2.45, 2.75) is 38.8 Å². The number of carbonyl (C=O) groups excluding carboxylic acids is 2. The van der Waals surface area contributed by atoms with Crippen LogP contribution in [-0.4, -0.2) is 50.3 Å². The van der Waals surface area contributed by atoms with Crippen LogP contribution >= 0.6 is 0 Å². The van der Waals surface area contributed by atoms with Gasteiger partial charge in [-0.3, -0.25) is 15.4 Å². The van der Waals surface area contributed by atoms with Crippen LogP contribution in [0.4, 0.5) is 10.5 Å². The summed E-state index contributed by atoms with van der Waals surface area (Å²) in [6.45, 7) is 4.92. The molecule has 0 spiro atoms. The van der Waals surface area contributed by atoms with Crippen molar-refractivity contribution in [2.24, 2.45) is 0 Å². The van der Waals surface area contributed by atoms with Crippen molar-refractivity contribution in [3.63, 3.8) is 0 Å². The molecule has 3 amide bonds. The number of benzene rings is 1. The van der Waals surface area contributed by atoms with Crippen LogP contribution in [0.15, 0.2) is 18.2 Å². The maximum absolute atomic E-state index is 12.3. The molecular weight excluding hydrogens is 352 g/mol. The number of nitrogens with one attached hydrogen (secondary N) is 6. The summed E-state index contributed by atoms with van der Waals surface area (Å²) in [4.78, 5) is 23.2. The summed E-state index contributed by atoms with van der Waals surface area (Å²) in [7, 11) is 0. The van der Waals surface area contributed by atoms with E-state index >= 15 is 0 Å². The fourth-order valence-electron chi connectivity index (χ4n) is 3.01. The monoisotopic (exact) mass is 378 g/mol. The van der Waals surface area contributed by atoms with E-state index in [1.54, 1.807) is 18.2 Å². The van der Waals surface area contributed by atoms with Gasteiger partial charge in [-0.05, 0) is 25.5 Å². The normalized spacial score (nSPS) is 23.6. The summed E-state index contributed by atoms with van der Waals surface area (Å²) in [5.41, 5.74) is 0.616. The molecule has 3 unspecified atom stereocenters. The number of carbonyl (C=O) groups is 2. The summed E-state index contributed by atoms with van der Waals surface area (Å²) >= 11 is 0. The Hall–Kier alpha value is -2.56. The van der Waals surface area contributed by atoms with Gasteiger partial charge in [-0.2, -0.15) is 0 Å². The molecule has 10 heteroatoms. The second-order valence-corrected chi connectivity index (χ2v) is 6.56. The largest absolute Gasteiger partial charge is 0.454 e. The molecule has 0 aromatic heterocycles. The summed E-state index contributed by atoms with van der Waals surface area (Å²) < 4.78 is 10.6. The summed E-state index contributed by atoms with van der Waals surface area (Å²) in [6, 6.07) is 5.10. The third-order valence-electron chi connectivity index (χ3n) is 4.20. The minimum atomic E-state index is -0.388. The molecule has 0 saturated carbocycles. The van der Waals surface area contributed by atoms with E-state index in [2.05, 4.69) is 31.9 Å². The predicted octanol–water partition coefficient (Wildman–Crippen LogP) is -0.156. The highest BCUT2D eigenvalue weighted by atomic mass is 16.7. The van der Waals surface area contributed by atoms with Gasteiger partial charge in [0.25, 0.3) is 0 Å². The Morgan fingerprint density at radius 3 is 2.81 bits per heavy atom. The number of amides is 3. The second-order valence-electron chi connectivity index (χ2n) is 6.56. The minimum Gasteiger partial charge on any atom is -0.454 e. The Bertz CT molecular complexity index is 685. The van der Waals surface area contributed by atoms with Gasteiger partial charge in [0.05, 0.1) is 6.17 Å². The maximum atomic E-state index is 12.3. The molecule has 0 radical (unpaired) electrons. The van der Waals surface area contributed by atoms with Crippen molar-refractivity contribution in [1.29, 1.82) is 0 Å². The number of hydrogen-bond donors (Lipinski definition) is 6. The predicted molar refractivity (Wildman–Crippen MR) is 99.3 cm³/mol. The van der Waals surface area contributed by atoms with Gasteiger partial charge in [0, 0.05) is 37.8 Å². The zero-order chi connectivity index (χ0) is 19.2. The third kappa shape index (κ3) is 5.71. The van der Waals surface area contributed by atoms with Gasteiger partial charge in [-0.15, -0.1) is 0 Å². The van der Waals surface area contributed by atoms with E-state index in [0.717, 1.165) is 6.42 Å². The van der Waals surface area contributed by atoms with Crippen LogP contribution in [0.25, 0.3) is 0 Å². The van der Waals surface area contributed by atoms with Gasteiger partial charge < -0.3 is 30.7 Å². The van der Waals surface area contributed by atoms with Gasteiger partial charge >= 0.3 is 6.03 Å². The Balaban J connectivity index is 1.45. The van der Waals surface area contributed by atoms with Crippen molar-refractivity contribution < 1.29 is 19.1 Å². The van der Waals surface area contributed by atoms with Crippen molar-refractivity contribution in [3.05, 3.63) is 18.2 Å². The molecule has 0 bridgehead atoms. The molecule has 3 rings (SSSR count). The molecule has 148 valence electrons. The SMILES string of the molecule is CC(=O)NCCNC1CC(C)NC(NC(=O)Nc2ccc3c(c2)OCO3)N1. The third-order valence-corrected chi connectivity index (χ3v) is 4.20. The van der Waals surface area contributed by atoms with Crippen LogP contribution in [0, 0.1) is 0 Å². The number of ether oxygens (including phenoxy) is 2. The molecule has 2 heterocycles. The average Bonchev–Trinajstić information content (AvgIpc) is 3.05. The van der Waals surface area contributed by atoms with Crippen molar-refractivity contribution in [2.75, 3.05) is 25.2 Å². The van der Waals surface area contributed by atoms with E-state index in [4.69, 9.17) is 9.47 Å². The van der Waals surface area contributed by atoms with Gasteiger partial charge in [-0.1, -0.05) is 0 Å². The van der Waals surface area contributed by atoms with Crippen LogP contribution in [0.3, 0.4) is 0 Å². The highest BCUT2D eigenvalue weighted by molar-refractivity contribution is 5.89. The highest BCUT2D eigenvalue weighted by Crippen LogP contribution is 2.34. The minimum absolute atomic E-state index is 0.0193. The first-order chi connectivity index (χ1) is 13.0. The number of hydrogen-bond acceptors (Lipinski definition) is 7. The van der Waals surface area contributed by atoms with E-state index < -0.39 is 0 Å². The summed E-state index contributed by atoms with van der Waals surface area (Å²) in [5.74, 6) is 1.22. The van der Waals surface area contributed by atoms with Gasteiger partial charge in [0.15, 0.2) is 11.5 Å². The van der Waals surface area contributed by atoms with Gasteiger partial charge in [0.1, 0.15) is 6.29 Å². The first kappa shape index (κ1) is 19.2. The van der Waals surface area contributed by atoms with Crippen molar-refractivity contribution in [1.82, 2.24) is 26.6 Å². The molecule has 27 heavy (non-hydrogen) atoms. The van der Waals surface area contributed by atoms with Crippen LogP contribution in [0.1, 0.15) is 20.3 Å². The van der Waals surface area contributed by atoms with Gasteiger partial charge in [-0.25, -0.2) is 4.79 Å². The van der Waals surface area contributed by atoms with E-state index in [1.165, 1.54) is 6.92 Å². The standard InChI is InChI=1S/C17H26N6O4/c1-10-7-15(19-6-5-18-11(2)24)22-16(20-10)23-17(25)21-12-3-4-13-14(8-12)27-9-26-13/h3-4,8,10,15-16,19-20,22H,5-7,9H2,1-2H3,(H,18,24)(H2,21,23,25). The lowest BCUT2D eigenvalue weighted by Gasteiger charge is -2.36. The van der Waals surface area contributed by atoms with E-state index in [0.29, 0.717) is 30.3 Å². The zero-order valence-corrected chi connectivity index (χ0v) is 15.4. The molecule has 1 aromatic carbocycles. The molecule has 1 aromatic rings. The molecule has 1 saturated heterocycles. The smallest absolute Gasteiger partial charge is 0.321 e. The Morgan fingerprint density at radius 1 is 1.19 bits per heavy atom. The second kappa shape index (κ2) is 8.89. The number of urea groups is 1. The Labute approximate surface area is 157 Å². The molecule has 1 fully saturated rings. The Kier molecular flexibility index (Phi) is 6.32. The summed E-state index contributed by atoms with van der Waals surface area (Å²) in [5, 5.41) is 18.2. The number of fused-ring (bicyclic) bond motifs is 1. The first-order valence-corrected chi connectivity index (χ1v) is 8.96. The lowest BCUT2D eigenvalue weighted by molar-refractivity contribution is -0.118. The average molecular weight is 378 g/mol. The number of rotatable bonds is 6. The summed E-state index contributed by atoms with van der Waals surface area (Å²) in [6.07, 6.45) is 0.481. The Morgan fingerprint density at radius 2 is 2.00 bits per heavy atom. The van der Waals surface area contributed by atoms with Crippen LogP contribution < -0.4 is 41.4 Å². The molecule has 6 N–H and O–H groups in total. The van der Waals surface area contributed by atoms with Crippen LogP contribution in [-0.2, 0) is 4.79 Å². The zero-order valence-electron chi connectivity index (χ0n) is 15.4. The van der Waals surface area contributed by atoms with Crippen molar-refractivity contribution >= 4 is 17.6 Å². The van der Waals surface area contributed by atoms with Crippen molar-refractivity contribution in [3.8, 4) is 11.5 Å². The molecule has 2 aliphatic heterocycles. The lowest BCUT2D eigenvalue weighted by atomic mass is 10.1. The molecule has 10 nitrogen and oxygen atoms in total. The van der Waals surface area contributed by atoms with Gasteiger partial charge in [0.2, 0.25) is 12.7 Å². The van der Waals surface area contributed by atoms with E-state index in [-0.39, 0.29) is 37.2 Å². The fraction of sp³-hybridized carbons (Fsp3) is 0.529.